The number of nitrogens with one attached hydrogen (secondary N) is 2. The zero-order chi connectivity index (χ0) is 23.7. The van der Waals surface area contributed by atoms with E-state index in [0.717, 1.165) is 50.8 Å². The first-order valence-corrected chi connectivity index (χ1v) is 13.8. The molecule has 0 aromatic carbocycles. The van der Waals surface area contributed by atoms with Crippen LogP contribution in [0, 0.1) is 0 Å². The van der Waals surface area contributed by atoms with Gasteiger partial charge in [0.2, 0.25) is 15.9 Å². The number of rotatable bonds is 12. The Bertz CT molecular complexity index is 858. The molecule has 1 saturated carbocycles. The third-order valence-electron chi connectivity index (χ3n) is 6.33. The molecule has 2 unspecified atom stereocenters. The van der Waals surface area contributed by atoms with Crippen molar-refractivity contribution in [2.75, 3.05) is 26.0 Å². The highest BCUT2D eigenvalue weighted by Gasteiger charge is 2.29. The molecule has 1 aromatic heterocycles. The predicted octanol–water partition coefficient (Wildman–Crippen LogP) is 2.43. The van der Waals surface area contributed by atoms with Gasteiger partial charge in [0, 0.05) is 36.2 Å². The van der Waals surface area contributed by atoms with E-state index >= 15 is 0 Å². The summed E-state index contributed by atoms with van der Waals surface area (Å²) in [4.78, 5) is 15.2. The van der Waals surface area contributed by atoms with Crippen molar-refractivity contribution in [3.8, 4) is 5.88 Å². The minimum atomic E-state index is -3.24. The third kappa shape index (κ3) is 9.19. The normalized spacial score (nSPS) is 26.1. The number of carboxylic acids is 1. The van der Waals surface area contributed by atoms with E-state index in [1.54, 1.807) is 0 Å². The number of hydrogen-bond acceptors (Lipinski definition) is 7. The Hall–Kier alpha value is -1.75. The highest BCUT2D eigenvalue weighted by molar-refractivity contribution is 7.88. The lowest BCUT2D eigenvalue weighted by Gasteiger charge is -2.35. The average Bonchev–Trinajstić information content (AvgIpc) is 2.78. The Morgan fingerprint density at radius 1 is 1.21 bits per heavy atom. The van der Waals surface area contributed by atoms with Gasteiger partial charge in [0.25, 0.3) is 0 Å². The predicted molar refractivity (Wildman–Crippen MR) is 125 cm³/mol. The summed E-state index contributed by atoms with van der Waals surface area (Å²) in [6.07, 6.45) is 8.48. The van der Waals surface area contributed by atoms with Crippen molar-refractivity contribution in [3.05, 3.63) is 23.9 Å². The molecule has 1 saturated heterocycles. The van der Waals surface area contributed by atoms with Gasteiger partial charge in [0.1, 0.15) is 0 Å². The smallest absolute Gasteiger partial charge is 0.303 e. The van der Waals surface area contributed by atoms with Crippen LogP contribution >= 0.6 is 0 Å². The highest BCUT2D eigenvalue weighted by atomic mass is 32.2. The first-order chi connectivity index (χ1) is 15.8. The maximum absolute atomic E-state index is 11.6. The topological polar surface area (TPSA) is 127 Å². The molecular formula is C23H37N3O6S. The molecule has 0 amide bonds. The van der Waals surface area contributed by atoms with Crippen LogP contribution in [0.5, 0.6) is 5.88 Å². The highest BCUT2D eigenvalue weighted by Crippen LogP contribution is 2.34. The van der Waals surface area contributed by atoms with Crippen LogP contribution in [0.15, 0.2) is 18.2 Å². The Morgan fingerprint density at radius 2 is 2.00 bits per heavy atom. The van der Waals surface area contributed by atoms with Crippen molar-refractivity contribution in [2.24, 2.45) is 0 Å². The summed E-state index contributed by atoms with van der Waals surface area (Å²) in [5.41, 5.74) is 1.03. The number of piperidine rings is 1. The van der Waals surface area contributed by atoms with Gasteiger partial charge >= 0.3 is 5.97 Å². The van der Waals surface area contributed by atoms with Gasteiger partial charge in [-0.1, -0.05) is 6.07 Å². The van der Waals surface area contributed by atoms with Gasteiger partial charge in [-0.3, -0.25) is 4.79 Å². The molecule has 186 valence electrons. The van der Waals surface area contributed by atoms with Gasteiger partial charge in [-0.25, -0.2) is 18.1 Å². The van der Waals surface area contributed by atoms with Gasteiger partial charge in [0.05, 0.1) is 25.6 Å². The fraction of sp³-hybridized carbons (Fsp3) is 0.739. The molecule has 0 spiro atoms. The quantitative estimate of drug-likeness (QED) is 0.387. The van der Waals surface area contributed by atoms with Crippen LogP contribution in [0.4, 0.5) is 0 Å². The number of carboxylic acid groups (broad SMARTS) is 1. The van der Waals surface area contributed by atoms with Crippen molar-refractivity contribution in [3.63, 3.8) is 0 Å². The zero-order valence-electron chi connectivity index (χ0n) is 19.4. The van der Waals surface area contributed by atoms with Gasteiger partial charge in [0.15, 0.2) is 0 Å². The Balaban J connectivity index is 1.41. The maximum Gasteiger partial charge on any atom is 0.303 e. The number of aromatic nitrogens is 1. The molecular weight excluding hydrogens is 446 g/mol. The summed E-state index contributed by atoms with van der Waals surface area (Å²) in [5.74, 6) is 0.178. The molecule has 1 aromatic rings. The van der Waals surface area contributed by atoms with Crippen molar-refractivity contribution < 1.29 is 27.8 Å². The molecule has 2 atom stereocenters. The molecule has 33 heavy (non-hydrogen) atoms. The van der Waals surface area contributed by atoms with Crippen molar-refractivity contribution >= 4 is 16.0 Å². The molecule has 3 N–H and O–H groups in total. The van der Waals surface area contributed by atoms with Crippen LogP contribution in [-0.2, 0) is 19.6 Å². The molecule has 1 aliphatic carbocycles. The van der Waals surface area contributed by atoms with E-state index in [9.17, 15) is 13.2 Å². The Morgan fingerprint density at radius 3 is 2.73 bits per heavy atom. The van der Waals surface area contributed by atoms with E-state index in [1.807, 2.05) is 18.2 Å². The Labute approximate surface area is 196 Å². The minimum absolute atomic E-state index is 0.00260. The van der Waals surface area contributed by atoms with E-state index in [2.05, 4.69) is 15.0 Å². The number of nitrogens with zero attached hydrogens (tertiary/aromatic N) is 1. The molecule has 0 radical (unpaired) electrons. The SMILES string of the molecule is CS(=O)(=O)NC1CCCNC1COC1CCC(c2cccc(OCCCCC(=O)O)n2)CC1. The van der Waals surface area contributed by atoms with E-state index in [4.69, 9.17) is 14.6 Å². The van der Waals surface area contributed by atoms with E-state index in [1.165, 1.54) is 6.26 Å². The van der Waals surface area contributed by atoms with Crippen molar-refractivity contribution in [2.45, 2.75) is 81.9 Å². The molecule has 3 rings (SSSR count). The van der Waals surface area contributed by atoms with Crippen LogP contribution in [0.1, 0.15) is 69.4 Å². The lowest BCUT2D eigenvalue weighted by Crippen LogP contribution is -2.55. The second kappa shape index (κ2) is 12.6. The number of ether oxygens (including phenoxy) is 2. The summed E-state index contributed by atoms with van der Waals surface area (Å²) >= 11 is 0. The second-order valence-corrected chi connectivity index (χ2v) is 10.9. The van der Waals surface area contributed by atoms with Gasteiger partial charge in [-0.15, -0.1) is 0 Å². The van der Waals surface area contributed by atoms with Gasteiger partial charge < -0.3 is 19.9 Å². The van der Waals surface area contributed by atoms with Crippen LogP contribution in [0.3, 0.4) is 0 Å². The van der Waals surface area contributed by atoms with E-state index in [-0.39, 0.29) is 24.6 Å². The summed E-state index contributed by atoms with van der Waals surface area (Å²) < 4.78 is 37.9. The van der Waals surface area contributed by atoms with E-state index < -0.39 is 16.0 Å². The second-order valence-electron chi connectivity index (χ2n) is 9.11. The van der Waals surface area contributed by atoms with Gasteiger partial charge in [-0.05, 0) is 64.0 Å². The van der Waals surface area contributed by atoms with Gasteiger partial charge in [-0.2, -0.15) is 0 Å². The number of pyridine rings is 1. The first-order valence-electron chi connectivity index (χ1n) is 11.9. The third-order valence-corrected chi connectivity index (χ3v) is 7.06. The average molecular weight is 484 g/mol. The number of unbranched alkanes of at least 4 members (excludes halogenated alkanes) is 1. The molecule has 9 nitrogen and oxygen atoms in total. The standard InChI is InChI=1S/C23H37N3O6S/c1-33(29,30)26-20-7-5-14-24-21(20)16-32-18-12-10-17(11-13-18)19-6-4-8-22(25-19)31-15-3-2-9-23(27)28/h4,6,8,17-18,20-21,24,26H,2-3,5,7,9-16H2,1H3,(H,27,28). The molecule has 10 heteroatoms. The molecule has 2 aliphatic rings. The zero-order valence-corrected chi connectivity index (χ0v) is 20.2. The largest absolute Gasteiger partial charge is 0.481 e. The number of carbonyl (C=O) groups is 1. The molecule has 1 aliphatic heterocycles. The first kappa shape index (κ1) is 25.9. The van der Waals surface area contributed by atoms with E-state index in [0.29, 0.717) is 37.9 Å². The van der Waals surface area contributed by atoms with Crippen LogP contribution in [0.25, 0.3) is 0 Å². The molecule has 2 fully saturated rings. The fourth-order valence-electron chi connectivity index (χ4n) is 4.60. The van der Waals surface area contributed by atoms with Crippen molar-refractivity contribution in [1.29, 1.82) is 0 Å². The van der Waals surface area contributed by atoms with Crippen LogP contribution in [-0.4, -0.2) is 68.7 Å². The van der Waals surface area contributed by atoms with Crippen LogP contribution < -0.4 is 14.8 Å². The number of hydrogen-bond donors (Lipinski definition) is 3. The lowest BCUT2D eigenvalue weighted by molar-refractivity contribution is -0.137. The summed E-state index contributed by atoms with van der Waals surface area (Å²) in [7, 11) is -3.24. The molecule has 2 heterocycles. The summed E-state index contributed by atoms with van der Waals surface area (Å²) in [6, 6.07) is 5.71. The maximum atomic E-state index is 11.6. The Kier molecular flexibility index (Phi) is 9.91. The number of sulfonamides is 1. The monoisotopic (exact) mass is 483 g/mol. The minimum Gasteiger partial charge on any atom is -0.481 e. The van der Waals surface area contributed by atoms with Crippen LogP contribution in [0.2, 0.25) is 0 Å². The fourth-order valence-corrected chi connectivity index (χ4v) is 5.43. The summed E-state index contributed by atoms with van der Waals surface area (Å²) in [5, 5.41) is 12.1. The summed E-state index contributed by atoms with van der Waals surface area (Å²) in [6.45, 7) is 1.85. The van der Waals surface area contributed by atoms with Crippen molar-refractivity contribution in [1.82, 2.24) is 15.0 Å². The molecule has 0 bridgehead atoms. The number of aliphatic carboxylic acids is 1. The lowest BCUT2D eigenvalue weighted by atomic mass is 9.85.